The molecule has 0 aliphatic carbocycles. The number of carboxylic acid groups (broad SMARTS) is 1. The summed E-state index contributed by atoms with van der Waals surface area (Å²) in [7, 11) is 0. The summed E-state index contributed by atoms with van der Waals surface area (Å²) in [5.74, 6) is -0.894. The van der Waals surface area contributed by atoms with Crippen molar-refractivity contribution in [2.45, 2.75) is 17.9 Å². The Hall–Kier alpha value is -1.68. The van der Waals surface area contributed by atoms with Crippen LogP contribution in [0.1, 0.15) is 12.0 Å². The molecule has 0 bridgehead atoms. The minimum Gasteiger partial charge on any atom is -0.479 e. The third-order valence-electron chi connectivity index (χ3n) is 3.26. The van der Waals surface area contributed by atoms with Crippen LogP contribution in [-0.4, -0.2) is 30.0 Å². The van der Waals surface area contributed by atoms with Crippen LogP contribution >= 0.6 is 0 Å². The highest BCUT2D eigenvalue weighted by molar-refractivity contribution is 5.87. The molecule has 2 heterocycles. The van der Waals surface area contributed by atoms with Crippen LogP contribution in [-0.2, 0) is 14.9 Å². The number of rotatable bonds is 1. The molecule has 82 valence electrons. The molecule has 4 heteroatoms. The average molecular weight is 217 g/mol. The third-order valence-corrected chi connectivity index (χ3v) is 3.26. The summed E-state index contributed by atoms with van der Waals surface area (Å²) < 4.78 is 5.32. The van der Waals surface area contributed by atoms with Crippen LogP contribution in [0.3, 0.4) is 0 Å². The monoisotopic (exact) mass is 217 g/mol. The maximum Gasteiger partial charge on any atom is 0.332 e. The van der Waals surface area contributed by atoms with Gasteiger partial charge < -0.3 is 9.84 Å². The van der Waals surface area contributed by atoms with Gasteiger partial charge in [-0.3, -0.25) is 4.99 Å². The highest BCUT2D eigenvalue weighted by Crippen LogP contribution is 2.43. The van der Waals surface area contributed by atoms with E-state index in [0.717, 1.165) is 11.3 Å². The molecule has 1 saturated heterocycles. The predicted octanol–water partition coefficient (Wildman–Crippen LogP) is 1.51. The first-order chi connectivity index (χ1) is 7.71. The van der Waals surface area contributed by atoms with E-state index in [4.69, 9.17) is 9.84 Å². The molecule has 3 rings (SSSR count). The number of carboxylic acids is 1. The quantitative estimate of drug-likeness (QED) is 0.775. The normalized spacial score (nSPS) is 30.9. The summed E-state index contributed by atoms with van der Waals surface area (Å²) in [6, 6.07) is 7.81. The summed E-state index contributed by atoms with van der Waals surface area (Å²) in [5, 5.41) is 8.94. The number of aliphatic imine (C=N–C) groups is 1. The molecule has 4 nitrogen and oxygen atoms in total. The first kappa shape index (κ1) is 9.54. The SMILES string of the molecule is O=C(O)C1CC2(C=Nc3ccccc32)CO1. The largest absolute Gasteiger partial charge is 0.479 e. The van der Waals surface area contributed by atoms with Crippen molar-refractivity contribution in [2.75, 3.05) is 6.61 Å². The van der Waals surface area contributed by atoms with Crippen molar-refractivity contribution >= 4 is 17.9 Å². The molecule has 2 unspecified atom stereocenters. The molecule has 0 saturated carbocycles. The second kappa shape index (κ2) is 3.15. The molecule has 1 aromatic rings. The topological polar surface area (TPSA) is 58.9 Å². The molecule has 0 amide bonds. The van der Waals surface area contributed by atoms with Gasteiger partial charge in [0.1, 0.15) is 0 Å². The van der Waals surface area contributed by atoms with Crippen LogP contribution in [0.5, 0.6) is 0 Å². The van der Waals surface area contributed by atoms with Gasteiger partial charge in [0.2, 0.25) is 0 Å². The van der Waals surface area contributed by atoms with E-state index < -0.39 is 12.1 Å². The average Bonchev–Trinajstić information content (AvgIpc) is 2.87. The van der Waals surface area contributed by atoms with E-state index >= 15 is 0 Å². The molecular formula is C12H11NO3. The number of aliphatic carboxylic acids is 1. The zero-order valence-corrected chi connectivity index (χ0v) is 8.59. The van der Waals surface area contributed by atoms with Crippen LogP contribution in [0.25, 0.3) is 0 Å². The lowest BCUT2D eigenvalue weighted by Gasteiger charge is -2.18. The van der Waals surface area contributed by atoms with Crippen LogP contribution in [0.15, 0.2) is 29.3 Å². The highest BCUT2D eigenvalue weighted by atomic mass is 16.5. The second-order valence-corrected chi connectivity index (χ2v) is 4.27. The summed E-state index contributed by atoms with van der Waals surface area (Å²) >= 11 is 0. The van der Waals surface area contributed by atoms with Crippen LogP contribution in [0.2, 0.25) is 0 Å². The van der Waals surface area contributed by atoms with E-state index in [0.29, 0.717) is 13.0 Å². The van der Waals surface area contributed by atoms with E-state index in [1.807, 2.05) is 30.5 Å². The Kier molecular flexibility index (Phi) is 1.88. The van der Waals surface area contributed by atoms with Crippen molar-refractivity contribution in [3.8, 4) is 0 Å². The lowest BCUT2D eigenvalue weighted by Crippen LogP contribution is -2.27. The highest BCUT2D eigenvalue weighted by Gasteiger charge is 2.46. The van der Waals surface area contributed by atoms with Gasteiger partial charge >= 0.3 is 5.97 Å². The number of hydrogen-bond donors (Lipinski definition) is 1. The fraction of sp³-hybridized carbons (Fsp3) is 0.333. The molecule has 2 atom stereocenters. The fourth-order valence-electron chi connectivity index (χ4n) is 2.40. The molecular weight excluding hydrogens is 206 g/mol. The van der Waals surface area contributed by atoms with E-state index in [1.165, 1.54) is 0 Å². The van der Waals surface area contributed by atoms with E-state index in [2.05, 4.69) is 4.99 Å². The zero-order chi connectivity index (χ0) is 11.2. The first-order valence-corrected chi connectivity index (χ1v) is 5.20. The molecule has 1 spiro atoms. The van der Waals surface area contributed by atoms with Crippen molar-refractivity contribution in [1.82, 2.24) is 0 Å². The number of carbonyl (C=O) groups is 1. The summed E-state index contributed by atoms with van der Waals surface area (Å²) in [5.41, 5.74) is 1.69. The summed E-state index contributed by atoms with van der Waals surface area (Å²) in [4.78, 5) is 15.2. The maximum atomic E-state index is 10.9. The second-order valence-electron chi connectivity index (χ2n) is 4.27. The molecule has 0 aromatic heterocycles. The Bertz CT molecular complexity index is 483. The Labute approximate surface area is 92.6 Å². The molecule has 0 radical (unpaired) electrons. The Morgan fingerprint density at radius 2 is 2.31 bits per heavy atom. The Morgan fingerprint density at radius 1 is 1.50 bits per heavy atom. The van der Waals surface area contributed by atoms with Gasteiger partial charge in [-0.15, -0.1) is 0 Å². The zero-order valence-electron chi connectivity index (χ0n) is 8.59. The van der Waals surface area contributed by atoms with Gasteiger partial charge in [-0.1, -0.05) is 18.2 Å². The van der Waals surface area contributed by atoms with E-state index in [9.17, 15) is 4.79 Å². The van der Waals surface area contributed by atoms with E-state index in [-0.39, 0.29) is 5.41 Å². The van der Waals surface area contributed by atoms with Crippen LogP contribution in [0, 0.1) is 0 Å². The number of fused-ring (bicyclic) bond motifs is 2. The van der Waals surface area contributed by atoms with Gasteiger partial charge in [0.25, 0.3) is 0 Å². The minimum atomic E-state index is -0.894. The van der Waals surface area contributed by atoms with Crippen LogP contribution < -0.4 is 0 Å². The fourth-order valence-corrected chi connectivity index (χ4v) is 2.40. The Balaban J connectivity index is 1.99. The van der Waals surface area contributed by atoms with Gasteiger partial charge in [-0.2, -0.15) is 0 Å². The maximum absolute atomic E-state index is 10.9. The van der Waals surface area contributed by atoms with Crippen LogP contribution in [0.4, 0.5) is 5.69 Å². The van der Waals surface area contributed by atoms with Crippen molar-refractivity contribution in [3.63, 3.8) is 0 Å². The number of para-hydroxylation sites is 1. The standard InChI is InChI=1S/C12H11NO3/c14-11(15)10-5-12(7-16-10)6-13-9-4-2-1-3-8(9)12/h1-4,6,10H,5,7H2,(H,14,15). The van der Waals surface area contributed by atoms with E-state index in [1.54, 1.807) is 0 Å². The van der Waals surface area contributed by atoms with Gasteiger partial charge in [0.05, 0.1) is 17.7 Å². The van der Waals surface area contributed by atoms with Gasteiger partial charge in [-0.25, -0.2) is 4.79 Å². The van der Waals surface area contributed by atoms with Gasteiger partial charge in [-0.05, 0) is 11.6 Å². The molecule has 1 N–H and O–H groups in total. The molecule has 1 fully saturated rings. The third kappa shape index (κ3) is 1.20. The number of benzene rings is 1. The number of hydrogen-bond acceptors (Lipinski definition) is 3. The van der Waals surface area contributed by atoms with Crippen molar-refractivity contribution in [2.24, 2.45) is 4.99 Å². The summed E-state index contributed by atoms with van der Waals surface area (Å²) in [6.45, 7) is 0.407. The van der Waals surface area contributed by atoms with Crippen molar-refractivity contribution in [3.05, 3.63) is 29.8 Å². The minimum absolute atomic E-state index is 0.320. The summed E-state index contributed by atoms with van der Waals surface area (Å²) in [6.07, 6.45) is 1.60. The molecule has 16 heavy (non-hydrogen) atoms. The predicted molar refractivity (Wildman–Crippen MR) is 58.3 cm³/mol. The smallest absolute Gasteiger partial charge is 0.332 e. The van der Waals surface area contributed by atoms with Crippen molar-refractivity contribution < 1.29 is 14.6 Å². The molecule has 1 aromatic carbocycles. The number of ether oxygens (including phenoxy) is 1. The molecule has 2 aliphatic rings. The lowest BCUT2D eigenvalue weighted by molar-refractivity contribution is -0.147. The van der Waals surface area contributed by atoms with Gasteiger partial charge in [0, 0.05) is 12.6 Å². The van der Waals surface area contributed by atoms with Gasteiger partial charge in [0.15, 0.2) is 6.10 Å². The first-order valence-electron chi connectivity index (χ1n) is 5.20. The Morgan fingerprint density at radius 3 is 3.06 bits per heavy atom. The lowest BCUT2D eigenvalue weighted by atomic mass is 9.80. The number of nitrogens with zero attached hydrogens (tertiary/aromatic N) is 1. The van der Waals surface area contributed by atoms with Crippen molar-refractivity contribution in [1.29, 1.82) is 0 Å². The molecule has 2 aliphatic heterocycles.